The minimum Gasteiger partial charge on any atom is -0.202 e. The van der Waals surface area contributed by atoms with E-state index in [-0.39, 0.29) is 0 Å². The number of pyridine rings is 2. The SMILES string of the molecule is O=S(=O)(NS(=O)(=O)C(F)(F)F)C(F)(F)F.c1cc[n+](-[n+]2ccccc2)cc1. The number of hydrogen-bond acceptors (Lipinski definition) is 4. The van der Waals surface area contributed by atoms with Gasteiger partial charge < -0.3 is 0 Å². The molecule has 0 saturated carbocycles. The molecule has 0 saturated heterocycles. The van der Waals surface area contributed by atoms with Crippen LogP contribution in [0.2, 0.25) is 0 Å². The van der Waals surface area contributed by atoms with Crippen LogP contribution >= 0.6 is 0 Å². The second-order valence-electron chi connectivity index (χ2n) is 4.49. The first-order valence-corrected chi connectivity index (χ1v) is 9.48. The van der Waals surface area contributed by atoms with Gasteiger partial charge in [0.1, 0.15) is 0 Å². The van der Waals surface area contributed by atoms with E-state index in [0.717, 1.165) is 0 Å². The van der Waals surface area contributed by atoms with Crippen molar-refractivity contribution in [3.8, 4) is 0 Å². The predicted molar refractivity (Wildman–Crippen MR) is 77.2 cm³/mol. The zero-order valence-electron chi connectivity index (χ0n) is 12.9. The van der Waals surface area contributed by atoms with Gasteiger partial charge in [0.15, 0.2) is 0 Å². The first-order chi connectivity index (χ1) is 12.2. The molecule has 0 unspecified atom stereocenters. The van der Waals surface area contributed by atoms with Gasteiger partial charge >= 0.3 is 31.1 Å². The minimum absolute atomic E-state index is 0.493. The zero-order valence-corrected chi connectivity index (χ0v) is 14.5. The highest BCUT2D eigenvalue weighted by Gasteiger charge is 2.55. The number of rotatable bonds is 3. The number of halogens is 6. The van der Waals surface area contributed by atoms with Crippen molar-refractivity contribution in [2.75, 3.05) is 0 Å². The molecule has 15 heteroatoms. The lowest BCUT2D eigenvalue weighted by Gasteiger charge is -2.11. The van der Waals surface area contributed by atoms with E-state index in [4.69, 9.17) is 0 Å². The summed E-state index contributed by atoms with van der Waals surface area (Å²) in [6.07, 6.45) is 8.00. The van der Waals surface area contributed by atoms with Crippen LogP contribution in [0.15, 0.2) is 61.2 Å². The number of nitrogens with zero attached hydrogens (tertiary/aromatic N) is 2. The van der Waals surface area contributed by atoms with Crippen molar-refractivity contribution in [1.29, 1.82) is 0 Å². The number of sulfonamides is 2. The lowest BCUT2D eigenvalue weighted by atomic mass is 10.5. The Morgan fingerprint density at radius 2 is 0.815 bits per heavy atom. The smallest absolute Gasteiger partial charge is 0.202 e. The summed E-state index contributed by atoms with van der Waals surface area (Å²) >= 11 is 0. The lowest BCUT2D eigenvalue weighted by Crippen LogP contribution is -2.65. The van der Waals surface area contributed by atoms with Gasteiger partial charge in [0, 0.05) is 24.3 Å². The lowest BCUT2D eigenvalue weighted by molar-refractivity contribution is -1.30. The first-order valence-electron chi connectivity index (χ1n) is 6.52. The molecular formula is C12H11F6N3O4S2+2. The van der Waals surface area contributed by atoms with Crippen LogP contribution in [0.4, 0.5) is 26.3 Å². The van der Waals surface area contributed by atoms with Crippen molar-refractivity contribution in [3.63, 3.8) is 0 Å². The molecule has 2 aromatic rings. The molecule has 0 fully saturated rings. The standard InChI is InChI=1S/C10H10N2.C2HF6NO4S2/c1-3-7-11(8-4-1)12-9-5-2-6-10-12;3-1(4,5)14(10,11)9-15(12,13)2(6,7)8/h1-10H;9H/q+2;. The molecule has 0 aliphatic rings. The van der Waals surface area contributed by atoms with E-state index in [0.29, 0.717) is 0 Å². The van der Waals surface area contributed by atoms with Crippen LogP contribution in [0, 0.1) is 0 Å². The van der Waals surface area contributed by atoms with E-state index in [1.807, 2.05) is 70.5 Å². The summed E-state index contributed by atoms with van der Waals surface area (Å²) in [6.45, 7) is 0. The van der Waals surface area contributed by atoms with Gasteiger partial charge in [0.2, 0.25) is 24.8 Å². The van der Waals surface area contributed by atoms with Gasteiger partial charge in [-0.2, -0.15) is 26.3 Å². The molecule has 1 N–H and O–H groups in total. The van der Waals surface area contributed by atoms with Gasteiger partial charge in [0.05, 0.1) is 9.35 Å². The van der Waals surface area contributed by atoms with Crippen molar-refractivity contribution in [2.45, 2.75) is 11.0 Å². The Kier molecular flexibility index (Phi) is 6.90. The molecule has 7 nitrogen and oxygen atoms in total. The Balaban J connectivity index is 0.000000274. The monoisotopic (exact) mass is 439 g/mol. The Hall–Kier alpha value is -2.26. The van der Waals surface area contributed by atoms with Crippen LogP contribution in [-0.2, 0) is 20.0 Å². The Bertz CT molecular complexity index is 867. The molecule has 0 radical (unpaired) electrons. The maximum Gasteiger partial charge on any atom is 0.512 e. The summed E-state index contributed by atoms with van der Waals surface area (Å²) in [4.78, 5) is 0. The molecule has 0 bridgehead atoms. The quantitative estimate of drug-likeness (QED) is 0.568. The Morgan fingerprint density at radius 3 is 1.04 bits per heavy atom. The van der Waals surface area contributed by atoms with Crippen molar-refractivity contribution >= 4 is 20.0 Å². The van der Waals surface area contributed by atoms with Crippen LogP contribution in [0.1, 0.15) is 0 Å². The fraction of sp³-hybridized carbons (Fsp3) is 0.167. The van der Waals surface area contributed by atoms with Gasteiger partial charge in [-0.25, -0.2) is 16.8 Å². The third kappa shape index (κ3) is 6.44. The van der Waals surface area contributed by atoms with Gasteiger partial charge in [-0.15, -0.1) is 0 Å². The van der Waals surface area contributed by atoms with E-state index in [2.05, 4.69) is 0 Å². The molecule has 0 aliphatic heterocycles. The van der Waals surface area contributed by atoms with Crippen molar-refractivity contribution in [1.82, 2.24) is 4.13 Å². The van der Waals surface area contributed by atoms with E-state index in [9.17, 15) is 43.2 Å². The molecule has 0 aliphatic carbocycles. The van der Waals surface area contributed by atoms with Crippen molar-refractivity contribution < 1.29 is 52.5 Å². The largest absolute Gasteiger partial charge is 0.512 e. The molecule has 0 atom stereocenters. The molecule has 2 aromatic heterocycles. The summed E-state index contributed by atoms with van der Waals surface area (Å²) in [5.74, 6) is 0. The minimum atomic E-state index is -6.60. The fourth-order valence-electron chi connectivity index (χ4n) is 1.33. The highest BCUT2D eigenvalue weighted by Crippen LogP contribution is 2.27. The van der Waals surface area contributed by atoms with E-state index < -0.39 is 35.2 Å². The molecule has 27 heavy (non-hydrogen) atoms. The van der Waals surface area contributed by atoms with E-state index in [1.54, 1.807) is 0 Å². The molecule has 2 heterocycles. The van der Waals surface area contributed by atoms with Gasteiger partial charge in [0.25, 0.3) is 0 Å². The van der Waals surface area contributed by atoms with E-state index in [1.165, 1.54) is 0 Å². The molecule has 0 amide bonds. The summed E-state index contributed by atoms with van der Waals surface area (Å²) in [7, 11) is -13.2. The second kappa shape index (κ2) is 8.18. The molecule has 2 rings (SSSR count). The zero-order chi connectivity index (χ0) is 20.9. The molecule has 150 valence electrons. The molecular weight excluding hydrogens is 428 g/mol. The third-order valence-electron chi connectivity index (χ3n) is 2.50. The van der Waals surface area contributed by atoms with Gasteiger partial charge in [-0.05, 0) is 12.1 Å². The van der Waals surface area contributed by atoms with Crippen LogP contribution in [-0.4, -0.2) is 27.9 Å². The highest BCUT2D eigenvalue weighted by atomic mass is 32.3. The van der Waals surface area contributed by atoms with Crippen molar-refractivity contribution in [2.24, 2.45) is 0 Å². The second-order valence-corrected chi connectivity index (χ2v) is 8.10. The maximum absolute atomic E-state index is 11.5. The number of nitrogens with one attached hydrogen (secondary N) is 1. The van der Waals surface area contributed by atoms with Crippen LogP contribution < -0.4 is 13.5 Å². The van der Waals surface area contributed by atoms with E-state index >= 15 is 0 Å². The fourth-order valence-corrected chi connectivity index (χ4v) is 3.24. The van der Waals surface area contributed by atoms with Gasteiger partial charge in [-0.1, -0.05) is 4.13 Å². The summed E-state index contributed by atoms with van der Waals surface area (Å²) in [5.41, 5.74) is -12.3. The maximum atomic E-state index is 11.5. The Morgan fingerprint density at radius 1 is 0.556 bits per heavy atom. The van der Waals surface area contributed by atoms with Crippen LogP contribution in [0.5, 0.6) is 0 Å². The third-order valence-corrected chi connectivity index (χ3v) is 5.47. The Labute approximate surface area is 149 Å². The average molecular weight is 439 g/mol. The summed E-state index contributed by atoms with van der Waals surface area (Å²) < 4.78 is 112. The molecule has 0 spiro atoms. The predicted octanol–water partition coefficient (Wildman–Crippen LogP) is 0.848. The van der Waals surface area contributed by atoms with Crippen LogP contribution in [0.25, 0.3) is 0 Å². The average Bonchev–Trinajstić information content (AvgIpc) is 2.54. The molecule has 0 aromatic carbocycles. The topological polar surface area (TPSA) is 88.1 Å². The number of alkyl halides is 6. The first kappa shape index (κ1) is 22.8. The number of hydrogen-bond donors (Lipinski definition) is 1. The van der Waals surface area contributed by atoms with Crippen LogP contribution in [0.3, 0.4) is 0 Å². The summed E-state index contributed by atoms with van der Waals surface area (Å²) in [6, 6.07) is 12.0. The number of aromatic nitrogens is 2. The summed E-state index contributed by atoms with van der Waals surface area (Å²) in [5, 5.41) is 0. The normalized spacial score (nSPS) is 12.8. The highest BCUT2D eigenvalue weighted by molar-refractivity contribution is 8.05. The van der Waals surface area contributed by atoms with Crippen molar-refractivity contribution in [3.05, 3.63) is 61.2 Å². The van der Waals surface area contributed by atoms with Gasteiger partial charge in [-0.3, -0.25) is 0 Å².